The SMILES string of the molecule is C=CCOc1ccc(C2/C(=C(\O)c3ccc(OCC=C)c(C)c3)C(=O)C(=O)N2c2nc(C)c(C(=O)OCC)s2)cc1. The highest BCUT2D eigenvalue weighted by Crippen LogP contribution is 2.44. The second kappa shape index (κ2) is 12.6. The number of esters is 1. The van der Waals surface area contributed by atoms with Gasteiger partial charge in [0.2, 0.25) is 0 Å². The molecular formula is C31H30N2O7S. The number of thiazole rings is 1. The Kier molecular flexibility index (Phi) is 9.04. The third-order valence-corrected chi connectivity index (χ3v) is 7.40. The number of hydrogen-bond acceptors (Lipinski definition) is 9. The first-order valence-electron chi connectivity index (χ1n) is 12.9. The van der Waals surface area contributed by atoms with Gasteiger partial charge in [0.15, 0.2) is 5.13 Å². The number of benzene rings is 2. The van der Waals surface area contributed by atoms with Crippen LogP contribution in [0.3, 0.4) is 0 Å². The maximum Gasteiger partial charge on any atom is 0.350 e. The minimum atomic E-state index is -1.03. The first kappa shape index (κ1) is 29.3. The average molecular weight is 575 g/mol. The summed E-state index contributed by atoms with van der Waals surface area (Å²) in [4.78, 5) is 45.4. The zero-order chi connectivity index (χ0) is 29.7. The largest absolute Gasteiger partial charge is 0.507 e. The third-order valence-electron chi connectivity index (χ3n) is 6.27. The Labute approximate surface area is 242 Å². The van der Waals surface area contributed by atoms with Crippen LogP contribution >= 0.6 is 11.3 Å². The van der Waals surface area contributed by atoms with Crippen molar-refractivity contribution in [3.05, 3.63) is 101 Å². The molecule has 9 nitrogen and oxygen atoms in total. The van der Waals surface area contributed by atoms with Crippen molar-refractivity contribution in [3.63, 3.8) is 0 Å². The summed E-state index contributed by atoms with van der Waals surface area (Å²) in [6, 6.07) is 10.8. The van der Waals surface area contributed by atoms with E-state index in [0.29, 0.717) is 41.5 Å². The number of aliphatic hydroxyl groups is 1. The molecule has 3 aromatic rings. The Balaban J connectivity index is 1.86. The Morgan fingerprint density at radius 3 is 2.39 bits per heavy atom. The number of hydrogen-bond donors (Lipinski definition) is 1. The highest BCUT2D eigenvalue weighted by atomic mass is 32.1. The van der Waals surface area contributed by atoms with E-state index in [4.69, 9.17) is 14.2 Å². The monoisotopic (exact) mass is 574 g/mol. The van der Waals surface area contributed by atoms with Gasteiger partial charge in [0.1, 0.15) is 35.3 Å². The zero-order valence-corrected chi connectivity index (χ0v) is 23.8. The summed E-state index contributed by atoms with van der Waals surface area (Å²) in [6.45, 7) is 13.2. The van der Waals surface area contributed by atoms with E-state index in [1.54, 1.807) is 68.5 Å². The molecule has 1 aliphatic rings. The molecule has 1 aromatic heterocycles. The minimum absolute atomic E-state index is 0.112. The Hall–Kier alpha value is -4.70. The minimum Gasteiger partial charge on any atom is -0.507 e. The van der Waals surface area contributed by atoms with Gasteiger partial charge in [-0.2, -0.15) is 0 Å². The Morgan fingerprint density at radius 2 is 1.76 bits per heavy atom. The maximum absolute atomic E-state index is 13.5. The summed E-state index contributed by atoms with van der Waals surface area (Å²) in [5, 5.41) is 11.6. The molecule has 1 fully saturated rings. The van der Waals surface area contributed by atoms with E-state index < -0.39 is 23.7 Å². The van der Waals surface area contributed by atoms with Gasteiger partial charge in [-0.05, 0) is 62.2 Å². The van der Waals surface area contributed by atoms with Crippen LogP contribution in [0.5, 0.6) is 11.5 Å². The normalized spacial score (nSPS) is 16.0. The van der Waals surface area contributed by atoms with Crippen LogP contribution in [0.4, 0.5) is 5.13 Å². The summed E-state index contributed by atoms with van der Waals surface area (Å²) in [6.07, 6.45) is 3.24. The van der Waals surface area contributed by atoms with Crippen LogP contribution in [0.25, 0.3) is 5.76 Å². The summed E-state index contributed by atoms with van der Waals surface area (Å²) < 4.78 is 16.3. The molecule has 2 aromatic carbocycles. The lowest BCUT2D eigenvalue weighted by Crippen LogP contribution is -2.29. The number of aromatic nitrogens is 1. The van der Waals surface area contributed by atoms with Crippen LogP contribution in [0.15, 0.2) is 73.3 Å². The standard InChI is InChI=1S/C31H30N2O7S/c1-6-15-39-22-12-9-20(10-13-22)25-24(26(34)21-11-14-23(18(4)17-21)40-16-7-2)27(35)29(36)33(25)31-32-19(5)28(41-31)30(37)38-8-3/h6-7,9-14,17,25,34H,1-2,8,15-16H2,3-5H3/b26-24+. The van der Waals surface area contributed by atoms with Gasteiger partial charge in [-0.1, -0.05) is 48.8 Å². The van der Waals surface area contributed by atoms with Gasteiger partial charge in [0.05, 0.1) is 23.9 Å². The summed E-state index contributed by atoms with van der Waals surface area (Å²) in [5.41, 5.74) is 1.84. The molecule has 4 rings (SSSR count). The molecule has 0 spiro atoms. The summed E-state index contributed by atoms with van der Waals surface area (Å²) >= 11 is 0.947. The van der Waals surface area contributed by atoms with Crippen LogP contribution in [0, 0.1) is 13.8 Å². The number of aliphatic hydroxyl groups excluding tert-OH is 1. The number of anilines is 1. The predicted molar refractivity (Wildman–Crippen MR) is 157 cm³/mol. The number of amides is 1. The summed E-state index contributed by atoms with van der Waals surface area (Å²) in [5.74, 6) is -1.52. The molecule has 212 valence electrons. The van der Waals surface area contributed by atoms with Crippen LogP contribution in [0.1, 0.15) is 45.0 Å². The highest BCUT2D eigenvalue weighted by molar-refractivity contribution is 7.17. The molecule has 0 saturated carbocycles. The van der Waals surface area contributed by atoms with E-state index in [-0.39, 0.29) is 27.9 Å². The van der Waals surface area contributed by atoms with E-state index in [1.165, 1.54) is 4.90 Å². The molecule has 0 radical (unpaired) electrons. The second-order valence-corrected chi connectivity index (χ2v) is 10.0. The quantitative estimate of drug-likeness (QED) is 0.102. The van der Waals surface area contributed by atoms with Gasteiger partial charge >= 0.3 is 11.9 Å². The third kappa shape index (κ3) is 5.92. The molecule has 2 heterocycles. The van der Waals surface area contributed by atoms with Gasteiger partial charge in [0.25, 0.3) is 5.78 Å². The number of rotatable bonds is 11. The van der Waals surface area contributed by atoms with Crippen molar-refractivity contribution in [2.24, 2.45) is 0 Å². The van der Waals surface area contributed by atoms with Crippen molar-refractivity contribution >= 4 is 39.9 Å². The second-order valence-electron chi connectivity index (χ2n) is 9.05. The van der Waals surface area contributed by atoms with Crippen molar-refractivity contribution < 1.29 is 33.7 Å². The van der Waals surface area contributed by atoms with Gasteiger partial charge < -0.3 is 19.3 Å². The molecule has 1 amide bonds. The molecule has 10 heteroatoms. The molecule has 41 heavy (non-hydrogen) atoms. The Bertz CT molecular complexity index is 1540. The predicted octanol–water partition coefficient (Wildman–Crippen LogP) is 5.69. The number of Topliss-reactive ketones (excluding diaryl/α,β-unsaturated/α-hetero) is 1. The molecular weight excluding hydrogens is 544 g/mol. The van der Waals surface area contributed by atoms with Crippen molar-refractivity contribution in [3.8, 4) is 11.5 Å². The Morgan fingerprint density at radius 1 is 1.07 bits per heavy atom. The van der Waals surface area contributed by atoms with Crippen molar-refractivity contribution in [1.82, 2.24) is 4.98 Å². The molecule has 0 bridgehead atoms. The topological polar surface area (TPSA) is 115 Å². The van der Waals surface area contributed by atoms with Crippen molar-refractivity contribution in [1.29, 1.82) is 0 Å². The zero-order valence-electron chi connectivity index (χ0n) is 23.0. The first-order valence-corrected chi connectivity index (χ1v) is 13.7. The lowest BCUT2D eigenvalue weighted by Gasteiger charge is -2.23. The van der Waals surface area contributed by atoms with Gasteiger partial charge in [-0.3, -0.25) is 14.5 Å². The molecule has 0 aliphatic carbocycles. The number of carbonyl (C=O) groups is 3. The van der Waals surface area contributed by atoms with Gasteiger partial charge in [0, 0.05) is 5.56 Å². The smallest absolute Gasteiger partial charge is 0.350 e. The lowest BCUT2D eigenvalue weighted by atomic mass is 9.95. The number of carbonyl (C=O) groups excluding carboxylic acids is 3. The van der Waals surface area contributed by atoms with E-state index in [2.05, 4.69) is 18.1 Å². The van der Waals surface area contributed by atoms with Crippen molar-refractivity contribution in [2.75, 3.05) is 24.7 Å². The van der Waals surface area contributed by atoms with Crippen LogP contribution in [0.2, 0.25) is 0 Å². The maximum atomic E-state index is 13.5. The van der Waals surface area contributed by atoms with Crippen LogP contribution < -0.4 is 14.4 Å². The molecule has 1 atom stereocenters. The fourth-order valence-corrected chi connectivity index (χ4v) is 5.37. The number of ketones is 1. The fourth-order valence-electron chi connectivity index (χ4n) is 4.38. The van der Waals surface area contributed by atoms with Crippen molar-refractivity contribution in [2.45, 2.75) is 26.8 Å². The molecule has 1 N–H and O–H groups in total. The van der Waals surface area contributed by atoms with Gasteiger partial charge in [-0.15, -0.1) is 0 Å². The highest BCUT2D eigenvalue weighted by Gasteiger charge is 2.48. The van der Waals surface area contributed by atoms with E-state index in [0.717, 1.165) is 16.9 Å². The number of nitrogens with zero attached hydrogens (tertiary/aromatic N) is 2. The number of aryl methyl sites for hydroxylation is 2. The van der Waals surface area contributed by atoms with E-state index in [1.807, 2.05) is 6.92 Å². The number of ether oxygens (including phenoxy) is 3. The average Bonchev–Trinajstić information content (AvgIpc) is 3.47. The first-order chi connectivity index (χ1) is 19.7. The molecule has 1 aliphatic heterocycles. The molecule has 1 unspecified atom stereocenters. The van der Waals surface area contributed by atoms with Crippen LogP contribution in [-0.4, -0.2) is 47.6 Å². The van der Waals surface area contributed by atoms with E-state index in [9.17, 15) is 19.5 Å². The summed E-state index contributed by atoms with van der Waals surface area (Å²) in [7, 11) is 0. The lowest BCUT2D eigenvalue weighted by molar-refractivity contribution is -0.132. The van der Waals surface area contributed by atoms with Gasteiger partial charge in [-0.25, -0.2) is 9.78 Å². The van der Waals surface area contributed by atoms with Crippen LogP contribution in [-0.2, 0) is 14.3 Å². The van der Waals surface area contributed by atoms with E-state index >= 15 is 0 Å². The fraction of sp³-hybridized carbons (Fsp3) is 0.226. The molecule has 1 saturated heterocycles.